The summed E-state index contributed by atoms with van der Waals surface area (Å²) in [5.41, 5.74) is 4.12. The van der Waals surface area contributed by atoms with E-state index in [0.29, 0.717) is 12.2 Å². The Hall–Kier alpha value is -2.49. The van der Waals surface area contributed by atoms with Crippen LogP contribution in [0.5, 0.6) is 0 Å². The molecule has 1 aliphatic rings. The Bertz CT molecular complexity index is 852. The van der Waals surface area contributed by atoms with Gasteiger partial charge in [-0.25, -0.2) is 9.78 Å². The lowest BCUT2D eigenvalue weighted by Crippen LogP contribution is -2.52. The SMILES string of the molecule is Cc1ncsc1CN1C(=O)COC(c2ccc(NC(=O)NC(C)C)cc2)C1CO. The van der Waals surface area contributed by atoms with Crippen molar-refractivity contribution >= 4 is 29.0 Å². The van der Waals surface area contributed by atoms with E-state index < -0.39 is 12.1 Å². The van der Waals surface area contributed by atoms with Crippen molar-refractivity contribution in [3.63, 3.8) is 0 Å². The maximum Gasteiger partial charge on any atom is 0.319 e. The lowest BCUT2D eigenvalue weighted by Gasteiger charge is -2.40. The van der Waals surface area contributed by atoms with Gasteiger partial charge in [0.2, 0.25) is 5.91 Å². The molecule has 0 spiro atoms. The fourth-order valence-corrected chi connectivity index (χ4v) is 4.01. The minimum atomic E-state index is -0.499. The van der Waals surface area contributed by atoms with E-state index in [2.05, 4.69) is 15.6 Å². The molecule has 3 amide bonds. The fraction of sp³-hybridized carbons (Fsp3) is 0.450. The zero-order chi connectivity index (χ0) is 21.0. The number of hydrogen-bond donors (Lipinski definition) is 3. The number of urea groups is 1. The maximum atomic E-state index is 12.5. The molecule has 2 unspecified atom stereocenters. The smallest absolute Gasteiger partial charge is 0.319 e. The Kier molecular flexibility index (Phi) is 6.83. The molecule has 2 atom stereocenters. The molecule has 1 fully saturated rings. The van der Waals surface area contributed by atoms with Crippen LogP contribution in [0.1, 0.15) is 36.1 Å². The molecule has 2 heterocycles. The van der Waals surface area contributed by atoms with E-state index in [9.17, 15) is 14.7 Å². The number of carbonyl (C=O) groups excluding carboxylic acids is 2. The lowest BCUT2D eigenvalue weighted by molar-refractivity contribution is -0.161. The predicted octanol–water partition coefficient (Wildman–Crippen LogP) is 2.44. The number of hydrogen-bond acceptors (Lipinski definition) is 6. The van der Waals surface area contributed by atoms with Crippen LogP contribution in [0.25, 0.3) is 0 Å². The molecule has 0 bridgehead atoms. The Morgan fingerprint density at radius 1 is 1.38 bits per heavy atom. The third kappa shape index (κ3) is 5.11. The van der Waals surface area contributed by atoms with Gasteiger partial charge in [0.1, 0.15) is 12.7 Å². The molecular formula is C20H26N4O4S. The van der Waals surface area contributed by atoms with Gasteiger partial charge in [0.05, 0.1) is 30.4 Å². The van der Waals surface area contributed by atoms with Crippen LogP contribution in [0.15, 0.2) is 29.8 Å². The molecule has 0 saturated carbocycles. The topological polar surface area (TPSA) is 104 Å². The van der Waals surface area contributed by atoms with Crippen molar-refractivity contribution in [3.05, 3.63) is 45.9 Å². The van der Waals surface area contributed by atoms with E-state index in [1.807, 2.05) is 32.9 Å². The number of carbonyl (C=O) groups is 2. The van der Waals surface area contributed by atoms with Gasteiger partial charge in [-0.3, -0.25) is 4.79 Å². The number of rotatable bonds is 6. The predicted molar refractivity (Wildman–Crippen MR) is 111 cm³/mol. The molecule has 1 aliphatic heterocycles. The highest BCUT2D eigenvalue weighted by Gasteiger charge is 2.37. The molecule has 1 aromatic heterocycles. The van der Waals surface area contributed by atoms with Crippen molar-refractivity contribution < 1.29 is 19.4 Å². The van der Waals surface area contributed by atoms with Crippen LogP contribution in [-0.4, -0.2) is 52.2 Å². The number of anilines is 1. The minimum absolute atomic E-state index is 0.0425. The van der Waals surface area contributed by atoms with E-state index in [4.69, 9.17) is 4.74 Å². The maximum absolute atomic E-state index is 12.5. The van der Waals surface area contributed by atoms with Gasteiger partial charge in [-0.1, -0.05) is 12.1 Å². The number of thiazole rings is 1. The van der Waals surface area contributed by atoms with Gasteiger partial charge in [0.25, 0.3) is 0 Å². The monoisotopic (exact) mass is 418 g/mol. The highest BCUT2D eigenvalue weighted by atomic mass is 32.1. The molecule has 3 N–H and O–H groups in total. The summed E-state index contributed by atoms with van der Waals surface area (Å²) in [5, 5.41) is 15.6. The molecule has 2 aromatic rings. The first-order chi connectivity index (χ1) is 13.9. The van der Waals surface area contributed by atoms with E-state index in [1.54, 1.807) is 22.5 Å². The Balaban J connectivity index is 1.74. The van der Waals surface area contributed by atoms with Gasteiger partial charge >= 0.3 is 6.03 Å². The Morgan fingerprint density at radius 2 is 2.10 bits per heavy atom. The van der Waals surface area contributed by atoms with Crippen molar-refractivity contribution in [2.24, 2.45) is 0 Å². The average Bonchev–Trinajstić information content (AvgIpc) is 3.08. The standard InChI is InChI=1S/C20H26N4O4S/c1-12(2)22-20(27)23-15-6-4-14(5-7-15)19-16(9-25)24(18(26)10-28-19)8-17-13(3)21-11-29-17/h4-7,11-12,16,19,25H,8-10H2,1-3H3,(H2,22,23,27). The first-order valence-electron chi connectivity index (χ1n) is 9.47. The number of nitrogens with one attached hydrogen (secondary N) is 2. The zero-order valence-electron chi connectivity index (χ0n) is 16.7. The van der Waals surface area contributed by atoms with Crippen molar-refractivity contribution in [1.29, 1.82) is 0 Å². The summed E-state index contributed by atoms with van der Waals surface area (Å²) in [4.78, 5) is 31.2. The Morgan fingerprint density at radius 3 is 2.69 bits per heavy atom. The number of benzene rings is 1. The third-order valence-corrected chi connectivity index (χ3v) is 5.64. The van der Waals surface area contributed by atoms with Gasteiger partial charge in [0.15, 0.2) is 0 Å². The lowest BCUT2D eigenvalue weighted by atomic mass is 9.99. The quantitative estimate of drug-likeness (QED) is 0.669. The third-order valence-electron chi connectivity index (χ3n) is 4.72. The molecule has 29 heavy (non-hydrogen) atoms. The second-order valence-electron chi connectivity index (χ2n) is 7.24. The Labute approximate surface area is 173 Å². The molecule has 9 heteroatoms. The van der Waals surface area contributed by atoms with Gasteiger partial charge in [-0.2, -0.15) is 0 Å². The zero-order valence-corrected chi connectivity index (χ0v) is 17.5. The van der Waals surface area contributed by atoms with Gasteiger partial charge in [-0.15, -0.1) is 11.3 Å². The molecule has 0 radical (unpaired) electrons. The van der Waals surface area contributed by atoms with Crippen LogP contribution in [-0.2, 0) is 16.1 Å². The molecule has 0 aliphatic carbocycles. The second kappa shape index (κ2) is 9.34. The number of aliphatic hydroxyl groups is 1. The fourth-order valence-electron chi connectivity index (χ4n) is 3.24. The van der Waals surface area contributed by atoms with Crippen LogP contribution >= 0.6 is 11.3 Å². The first-order valence-corrected chi connectivity index (χ1v) is 10.4. The van der Waals surface area contributed by atoms with E-state index in [1.165, 1.54) is 11.3 Å². The molecule has 3 rings (SSSR count). The van der Waals surface area contributed by atoms with Crippen LogP contribution in [0.4, 0.5) is 10.5 Å². The van der Waals surface area contributed by atoms with Crippen molar-refractivity contribution in [1.82, 2.24) is 15.2 Å². The van der Waals surface area contributed by atoms with Crippen molar-refractivity contribution in [2.45, 2.75) is 45.5 Å². The normalized spacial score (nSPS) is 19.5. The number of morpholine rings is 1. The number of aliphatic hydroxyl groups excluding tert-OH is 1. The number of amides is 3. The molecule has 1 saturated heterocycles. The summed E-state index contributed by atoms with van der Waals surface area (Å²) < 4.78 is 5.77. The summed E-state index contributed by atoms with van der Waals surface area (Å²) in [6.45, 7) is 5.82. The van der Waals surface area contributed by atoms with Crippen LogP contribution in [0, 0.1) is 6.92 Å². The van der Waals surface area contributed by atoms with Crippen LogP contribution < -0.4 is 10.6 Å². The average molecular weight is 419 g/mol. The molecular weight excluding hydrogens is 392 g/mol. The number of aromatic nitrogens is 1. The van der Waals surface area contributed by atoms with Gasteiger partial charge < -0.3 is 25.4 Å². The second-order valence-corrected chi connectivity index (χ2v) is 8.18. The van der Waals surface area contributed by atoms with E-state index in [0.717, 1.165) is 16.1 Å². The van der Waals surface area contributed by atoms with Crippen molar-refractivity contribution in [2.75, 3.05) is 18.5 Å². The molecule has 8 nitrogen and oxygen atoms in total. The highest BCUT2D eigenvalue weighted by Crippen LogP contribution is 2.31. The summed E-state index contributed by atoms with van der Waals surface area (Å²) in [6, 6.07) is 6.50. The molecule has 1 aromatic carbocycles. The summed E-state index contributed by atoms with van der Waals surface area (Å²) in [5.74, 6) is -0.156. The largest absolute Gasteiger partial charge is 0.394 e. The number of ether oxygens (including phenoxy) is 1. The van der Waals surface area contributed by atoms with E-state index >= 15 is 0 Å². The highest BCUT2D eigenvalue weighted by molar-refractivity contribution is 7.09. The van der Waals surface area contributed by atoms with Crippen molar-refractivity contribution in [3.8, 4) is 0 Å². The van der Waals surface area contributed by atoms with Gasteiger partial charge in [-0.05, 0) is 38.5 Å². The number of aryl methyl sites for hydroxylation is 1. The summed E-state index contributed by atoms with van der Waals surface area (Å²) >= 11 is 1.49. The number of nitrogens with zero attached hydrogens (tertiary/aromatic N) is 2. The van der Waals surface area contributed by atoms with Gasteiger partial charge in [0, 0.05) is 16.6 Å². The first kappa shape index (κ1) is 21.2. The van der Waals surface area contributed by atoms with Crippen LogP contribution in [0.2, 0.25) is 0 Å². The summed E-state index contributed by atoms with van der Waals surface area (Å²) in [7, 11) is 0. The van der Waals surface area contributed by atoms with E-state index in [-0.39, 0.29) is 31.2 Å². The molecule has 156 valence electrons. The summed E-state index contributed by atoms with van der Waals surface area (Å²) in [6.07, 6.45) is -0.454. The van der Waals surface area contributed by atoms with Crippen LogP contribution in [0.3, 0.4) is 0 Å². The minimum Gasteiger partial charge on any atom is -0.394 e.